The minimum Gasteiger partial charge on any atom is -0.486 e. The molecule has 3 aromatic carbocycles. The van der Waals surface area contributed by atoms with Crippen molar-refractivity contribution in [1.29, 1.82) is 0 Å². The van der Waals surface area contributed by atoms with Gasteiger partial charge in [-0.15, -0.1) is 0 Å². The highest BCUT2D eigenvalue weighted by molar-refractivity contribution is 6.43. The lowest BCUT2D eigenvalue weighted by atomic mass is 10.1. The number of anilines is 1. The van der Waals surface area contributed by atoms with Crippen molar-refractivity contribution in [2.24, 2.45) is 0 Å². The smallest absolute Gasteiger partial charge is 0.335 e. The van der Waals surface area contributed by atoms with Gasteiger partial charge in [-0.3, -0.25) is 14.9 Å². The second kappa shape index (κ2) is 10.1. The zero-order valence-corrected chi connectivity index (χ0v) is 20.2. The largest absolute Gasteiger partial charge is 0.486 e. The Labute approximate surface area is 214 Å². The van der Waals surface area contributed by atoms with Gasteiger partial charge in [0.1, 0.15) is 12.2 Å². The van der Waals surface area contributed by atoms with Gasteiger partial charge in [0.25, 0.3) is 11.8 Å². The Bertz CT molecular complexity index is 1320. The van der Waals surface area contributed by atoms with Crippen LogP contribution in [-0.2, 0) is 16.2 Å². The average Bonchev–Trinajstić information content (AvgIpc) is 2.79. The first-order chi connectivity index (χ1) is 16.2. The molecule has 172 valence electrons. The SMILES string of the molecule is O=C1NC(=O)N(c2ccc(Cl)c(Cl)c2)C(=O)/C1=C/c1cc(Cl)c(OCc2ccccc2)c(Cl)c1. The highest BCUT2D eigenvalue weighted by Crippen LogP contribution is 2.36. The molecular formula is C24H14Cl4N2O4. The van der Waals surface area contributed by atoms with Crippen LogP contribution in [-0.4, -0.2) is 17.8 Å². The van der Waals surface area contributed by atoms with Crippen LogP contribution in [0.3, 0.4) is 0 Å². The highest BCUT2D eigenvalue weighted by Gasteiger charge is 2.37. The summed E-state index contributed by atoms with van der Waals surface area (Å²) in [6, 6.07) is 15.8. The second-order valence-corrected chi connectivity index (χ2v) is 8.77. The summed E-state index contributed by atoms with van der Waals surface area (Å²) in [4.78, 5) is 38.6. The predicted molar refractivity (Wildman–Crippen MR) is 133 cm³/mol. The molecule has 0 radical (unpaired) electrons. The van der Waals surface area contributed by atoms with E-state index in [1.54, 1.807) is 0 Å². The molecule has 6 nitrogen and oxygen atoms in total. The quantitative estimate of drug-likeness (QED) is 0.297. The van der Waals surface area contributed by atoms with Crippen molar-refractivity contribution in [2.45, 2.75) is 6.61 Å². The zero-order valence-electron chi connectivity index (χ0n) is 17.2. The molecule has 4 amide bonds. The third-order valence-electron chi connectivity index (χ3n) is 4.82. The first-order valence-corrected chi connectivity index (χ1v) is 11.3. The van der Waals surface area contributed by atoms with Crippen molar-refractivity contribution in [3.05, 3.63) is 97.5 Å². The van der Waals surface area contributed by atoms with E-state index in [-0.39, 0.29) is 43.7 Å². The van der Waals surface area contributed by atoms with Crippen LogP contribution in [0, 0.1) is 0 Å². The maximum atomic E-state index is 13.1. The lowest BCUT2D eigenvalue weighted by Gasteiger charge is -2.26. The number of halogens is 4. The third-order valence-corrected chi connectivity index (χ3v) is 6.12. The molecule has 1 fully saturated rings. The Hall–Kier alpha value is -3.03. The molecule has 0 unspecified atom stereocenters. The van der Waals surface area contributed by atoms with E-state index in [2.05, 4.69) is 5.32 Å². The molecule has 3 aromatic rings. The van der Waals surface area contributed by atoms with Crippen molar-refractivity contribution in [2.75, 3.05) is 4.90 Å². The van der Waals surface area contributed by atoms with E-state index in [1.165, 1.54) is 36.4 Å². The molecule has 0 spiro atoms. The molecule has 10 heteroatoms. The van der Waals surface area contributed by atoms with Gasteiger partial charge in [-0.2, -0.15) is 0 Å². The number of barbiturate groups is 1. The average molecular weight is 536 g/mol. The van der Waals surface area contributed by atoms with Crippen LogP contribution in [0.5, 0.6) is 5.75 Å². The third kappa shape index (κ3) is 5.05. The van der Waals surface area contributed by atoms with Gasteiger partial charge in [0.05, 0.1) is 25.8 Å². The standard InChI is InChI=1S/C24H14Cl4N2O4/c25-17-7-6-15(11-18(17)26)30-23(32)16(22(31)29-24(30)33)8-14-9-19(27)21(20(28)10-14)34-12-13-4-2-1-3-5-13/h1-11H,12H2,(H,29,31,33)/b16-8+. The topological polar surface area (TPSA) is 75.7 Å². The number of hydrogen-bond donors (Lipinski definition) is 1. The van der Waals surface area contributed by atoms with Crippen LogP contribution in [0.15, 0.2) is 66.2 Å². The van der Waals surface area contributed by atoms with E-state index >= 15 is 0 Å². The molecule has 0 aliphatic carbocycles. The molecule has 0 atom stereocenters. The van der Waals surface area contributed by atoms with Gasteiger partial charge in [-0.25, -0.2) is 9.69 Å². The number of imide groups is 2. The van der Waals surface area contributed by atoms with E-state index in [0.29, 0.717) is 5.56 Å². The fraction of sp³-hybridized carbons (Fsp3) is 0.0417. The molecule has 34 heavy (non-hydrogen) atoms. The molecule has 0 saturated carbocycles. The minimum absolute atomic E-state index is 0.145. The molecule has 1 aliphatic rings. The number of nitrogens with zero attached hydrogens (tertiary/aromatic N) is 1. The van der Waals surface area contributed by atoms with Gasteiger partial charge in [0, 0.05) is 0 Å². The van der Waals surface area contributed by atoms with Gasteiger partial charge in [0.2, 0.25) is 0 Å². The van der Waals surface area contributed by atoms with Crippen LogP contribution in [0.25, 0.3) is 6.08 Å². The summed E-state index contributed by atoms with van der Waals surface area (Å²) in [6.45, 7) is 0.252. The highest BCUT2D eigenvalue weighted by atomic mass is 35.5. The van der Waals surface area contributed by atoms with Gasteiger partial charge in [-0.1, -0.05) is 76.7 Å². The number of hydrogen-bond acceptors (Lipinski definition) is 4. The zero-order chi connectivity index (χ0) is 24.4. The van der Waals surface area contributed by atoms with Crippen LogP contribution < -0.4 is 15.0 Å². The summed E-state index contributed by atoms with van der Waals surface area (Å²) in [6.07, 6.45) is 1.29. The lowest BCUT2D eigenvalue weighted by molar-refractivity contribution is -0.122. The number of carbonyl (C=O) groups is 3. The number of ether oxygens (including phenoxy) is 1. The number of amides is 4. The molecule has 1 N–H and O–H groups in total. The first kappa shape index (κ1) is 24.1. The van der Waals surface area contributed by atoms with E-state index < -0.39 is 17.8 Å². The van der Waals surface area contributed by atoms with Crippen LogP contribution in [0.4, 0.5) is 10.5 Å². The van der Waals surface area contributed by atoms with E-state index in [0.717, 1.165) is 10.5 Å². The summed E-state index contributed by atoms with van der Waals surface area (Å²) in [7, 11) is 0. The monoisotopic (exact) mass is 534 g/mol. The van der Waals surface area contributed by atoms with Crippen LogP contribution in [0.1, 0.15) is 11.1 Å². The Morgan fingerprint density at radius 2 is 1.50 bits per heavy atom. The van der Waals surface area contributed by atoms with Gasteiger partial charge in [-0.05, 0) is 47.5 Å². The summed E-state index contributed by atoms with van der Waals surface area (Å²) in [5, 5.41) is 2.91. The normalized spacial score (nSPS) is 15.0. The summed E-state index contributed by atoms with van der Waals surface area (Å²) >= 11 is 24.6. The Balaban J connectivity index is 1.63. The van der Waals surface area contributed by atoms with E-state index in [1.807, 2.05) is 30.3 Å². The van der Waals surface area contributed by atoms with E-state index in [4.69, 9.17) is 51.1 Å². The van der Waals surface area contributed by atoms with Crippen LogP contribution in [0.2, 0.25) is 20.1 Å². The van der Waals surface area contributed by atoms with Crippen molar-refractivity contribution in [3.63, 3.8) is 0 Å². The van der Waals surface area contributed by atoms with Gasteiger partial charge in [0.15, 0.2) is 5.75 Å². The predicted octanol–water partition coefficient (Wildman–Crippen LogP) is 6.55. The maximum Gasteiger partial charge on any atom is 0.335 e. The molecule has 1 aliphatic heterocycles. The molecule has 4 rings (SSSR count). The summed E-state index contributed by atoms with van der Waals surface area (Å²) in [5.41, 5.74) is 1.15. The Morgan fingerprint density at radius 1 is 0.824 bits per heavy atom. The van der Waals surface area contributed by atoms with Crippen molar-refractivity contribution in [1.82, 2.24) is 5.32 Å². The number of urea groups is 1. The lowest BCUT2D eigenvalue weighted by Crippen LogP contribution is -2.54. The number of rotatable bonds is 5. The first-order valence-electron chi connectivity index (χ1n) is 9.77. The molecule has 1 saturated heterocycles. The minimum atomic E-state index is -0.911. The summed E-state index contributed by atoms with van der Waals surface area (Å²) in [5.74, 6) is -1.44. The Morgan fingerprint density at radius 3 is 2.15 bits per heavy atom. The molecule has 0 aromatic heterocycles. The molecular weight excluding hydrogens is 522 g/mol. The van der Waals surface area contributed by atoms with E-state index in [9.17, 15) is 14.4 Å². The molecule has 1 heterocycles. The van der Waals surface area contributed by atoms with Crippen molar-refractivity contribution < 1.29 is 19.1 Å². The van der Waals surface area contributed by atoms with Crippen molar-refractivity contribution >= 4 is 76.0 Å². The van der Waals surface area contributed by atoms with Crippen molar-refractivity contribution in [3.8, 4) is 5.75 Å². The number of nitrogens with one attached hydrogen (secondary N) is 1. The van der Waals surface area contributed by atoms with Gasteiger partial charge < -0.3 is 4.74 Å². The number of benzene rings is 3. The Kier molecular flexibility index (Phi) is 7.14. The fourth-order valence-corrected chi connectivity index (χ4v) is 4.12. The maximum absolute atomic E-state index is 13.1. The second-order valence-electron chi connectivity index (χ2n) is 7.14. The number of carbonyl (C=O) groups excluding carboxylic acids is 3. The molecule has 0 bridgehead atoms. The summed E-state index contributed by atoms with van der Waals surface area (Å²) < 4.78 is 5.74. The van der Waals surface area contributed by atoms with Crippen LogP contribution >= 0.6 is 46.4 Å². The van der Waals surface area contributed by atoms with Gasteiger partial charge >= 0.3 is 6.03 Å². The fourth-order valence-electron chi connectivity index (χ4n) is 3.21.